The molecule has 1 aliphatic rings. The first-order valence-corrected chi connectivity index (χ1v) is 8.45. The van der Waals surface area contributed by atoms with Crippen molar-refractivity contribution in [3.8, 4) is 0 Å². The number of carbonyl (C=O) groups is 1. The van der Waals surface area contributed by atoms with Crippen LogP contribution in [0.15, 0.2) is 60.7 Å². The summed E-state index contributed by atoms with van der Waals surface area (Å²) in [5, 5.41) is 12.3. The largest absolute Gasteiger partial charge is 0.492 e. The maximum absolute atomic E-state index is 12.7. The van der Waals surface area contributed by atoms with Crippen LogP contribution in [0.1, 0.15) is 35.3 Å². The van der Waals surface area contributed by atoms with Gasteiger partial charge in [0.2, 0.25) is 0 Å². The van der Waals surface area contributed by atoms with Crippen LogP contribution in [0, 0.1) is 0 Å². The summed E-state index contributed by atoms with van der Waals surface area (Å²) in [6.45, 7) is 3.86. The van der Waals surface area contributed by atoms with E-state index in [0.717, 1.165) is 27.4 Å². The van der Waals surface area contributed by atoms with E-state index in [1.807, 2.05) is 74.5 Å². The molecule has 3 aromatic rings. The average molecular weight is 330 g/mol. The Hall–Kier alpha value is -2.43. The summed E-state index contributed by atoms with van der Waals surface area (Å²) in [4.78, 5) is 12.7. The smallest absolute Gasteiger partial charge is 0.423 e. The van der Waals surface area contributed by atoms with Gasteiger partial charge < -0.3 is 9.68 Å². The van der Waals surface area contributed by atoms with Crippen molar-refractivity contribution in [1.82, 2.24) is 0 Å². The first-order valence-electron chi connectivity index (χ1n) is 8.45. The number of hydrogen-bond donors (Lipinski definition) is 1. The summed E-state index contributed by atoms with van der Waals surface area (Å²) in [6.07, 6.45) is 0.304. The fraction of sp³-hybridized carbons (Fsp3) is 0.190. The van der Waals surface area contributed by atoms with Crippen molar-refractivity contribution < 1.29 is 14.5 Å². The van der Waals surface area contributed by atoms with Crippen LogP contribution in [-0.4, -0.2) is 17.9 Å². The predicted molar refractivity (Wildman–Crippen MR) is 100 cm³/mol. The molecule has 1 N–H and O–H groups in total. The Morgan fingerprint density at radius 1 is 1.04 bits per heavy atom. The maximum Gasteiger partial charge on any atom is 0.492 e. The molecule has 124 valence electrons. The van der Waals surface area contributed by atoms with Crippen molar-refractivity contribution in [2.75, 3.05) is 0 Å². The molecule has 0 atom stereocenters. The summed E-state index contributed by atoms with van der Waals surface area (Å²) in [6, 6.07) is 19.6. The molecule has 1 aliphatic heterocycles. The minimum atomic E-state index is -0.930. The molecular weight excluding hydrogens is 311 g/mol. The second-order valence-electron chi connectivity index (χ2n) is 7.06. The molecule has 0 spiro atoms. The molecule has 3 aromatic carbocycles. The second kappa shape index (κ2) is 5.83. The molecule has 0 bridgehead atoms. The third kappa shape index (κ3) is 2.88. The normalized spacial score (nSPS) is 15.4. The molecule has 3 nitrogen and oxygen atoms in total. The molecule has 0 aromatic heterocycles. The van der Waals surface area contributed by atoms with Gasteiger partial charge in [0.25, 0.3) is 0 Å². The Balaban J connectivity index is 1.61. The summed E-state index contributed by atoms with van der Waals surface area (Å²) < 4.78 is 5.58. The third-order valence-corrected chi connectivity index (χ3v) is 4.87. The summed E-state index contributed by atoms with van der Waals surface area (Å²) in [7, 11) is -0.930. The quantitative estimate of drug-likeness (QED) is 0.592. The lowest BCUT2D eigenvalue weighted by atomic mass is 9.77. The monoisotopic (exact) mass is 330 g/mol. The van der Waals surface area contributed by atoms with Gasteiger partial charge in [-0.05, 0) is 47.3 Å². The Morgan fingerprint density at radius 3 is 2.60 bits per heavy atom. The summed E-state index contributed by atoms with van der Waals surface area (Å²) >= 11 is 0. The molecule has 1 heterocycles. The minimum absolute atomic E-state index is 0.0679. The molecule has 0 amide bonds. The van der Waals surface area contributed by atoms with Gasteiger partial charge in [-0.1, -0.05) is 54.6 Å². The second-order valence-corrected chi connectivity index (χ2v) is 7.06. The molecule has 0 radical (unpaired) electrons. The van der Waals surface area contributed by atoms with Gasteiger partial charge in [-0.2, -0.15) is 0 Å². The standard InChI is InChI=1S/C21H19BO3/c1-21(2)18-10-7-14(11-19(18)22(24)25-21)12-20(23)17-9-8-15-5-3-4-6-16(15)13-17/h3-11,13,24H,12H2,1-2H3. The van der Waals surface area contributed by atoms with Gasteiger partial charge in [-0.3, -0.25) is 4.79 Å². The van der Waals surface area contributed by atoms with Gasteiger partial charge in [0.05, 0.1) is 5.60 Å². The van der Waals surface area contributed by atoms with Crippen molar-refractivity contribution in [3.05, 3.63) is 77.4 Å². The van der Waals surface area contributed by atoms with E-state index in [1.54, 1.807) is 0 Å². The maximum atomic E-state index is 12.7. The Morgan fingerprint density at radius 2 is 1.80 bits per heavy atom. The zero-order valence-electron chi connectivity index (χ0n) is 14.3. The number of carbonyl (C=O) groups excluding carboxylic acids is 1. The molecule has 0 unspecified atom stereocenters. The fourth-order valence-corrected chi connectivity index (χ4v) is 3.53. The zero-order valence-corrected chi connectivity index (χ0v) is 14.3. The highest BCUT2D eigenvalue weighted by Crippen LogP contribution is 2.30. The lowest BCUT2D eigenvalue weighted by molar-refractivity contribution is 0.0991. The van der Waals surface area contributed by atoms with E-state index >= 15 is 0 Å². The predicted octanol–water partition coefficient (Wildman–Crippen LogP) is 3.22. The van der Waals surface area contributed by atoms with Crippen molar-refractivity contribution in [1.29, 1.82) is 0 Å². The van der Waals surface area contributed by atoms with Gasteiger partial charge in [0, 0.05) is 12.0 Å². The zero-order chi connectivity index (χ0) is 17.6. The number of ketones is 1. The molecule has 0 saturated heterocycles. The van der Waals surface area contributed by atoms with Crippen LogP contribution in [0.3, 0.4) is 0 Å². The Labute approximate surface area is 147 Å². The van der Waals surface area contributed by atoms with E-state index < -0.39 is 12.7 Å². The lowest BCUT2D eigenvalue weighted by Crippen LogP contribution is -2.29. The molecular formula is C21H19BO3. The minimum Gasteiger partial charge on any atom is -0.423 e. The van der Waals surface area contributed by atoms with Crippen LogP contribution >= 0.6 is 0 Å². The molecule has 4 rings (SSSR count). The molecule has 0 fully saturated rings. The number of hydrogen-bond acceptors (Lipinski definition) is 3. The van der Waals surface area contributed by atoms with Crippen molar-refractivity contribution >= 4 is 29.1 Å². The topological polar surface area (TPSA) is 46.5 Å². The highest BCUT2D eigenvalue weighted by atomic mass is 16.5. The first kappa shape index (κ1) is 16.1. The van der Waals surface area contributed by atoms with Crippen LogP contribution in [-0.2, 0) is 16.7 Å². The van der Waals surface area contributed by atoms with Crippen LogP contribution in [0.4, 0.5) is 0 Å². The van der Waals surface area contributed by atoms with Gasteiger partial charge >= 0.3 is 7.12 Å². The summed E-state index contributed by atoms with van der Waals surface area (Å²) in [5.41, 5.74) is 2.82. The van der Waals surface area contributed by atoms with Gasteiger partial charge in [0.15, 0.2) is 5.78 Å². The number of rotatable bonds is 3. The van der Waals surface area contributed by atoms with Crippen LogP contribution < -0.4 is 5.46 Å². The highest BCUT2D eigenvalue weighted by Gasteiger charge is 2.40. The summed E-state index contributed by atoms with van der Waals surface area (Å²) in [5.74, 6) is 0.0679. The molecule has 25 heavy (non-hydrogen) atoms. The van der Waals surface area contributed by atoms with Gasteiger partial charge in [-0.15, -0.1) is 0 Å². The SMILES string of the molecule is CC1(C)OB(O)c2cc(CC(=O)c3ccc4ccccc4c3)ccc21. The van der Waals surface area contributed by atoms with Crippen molar-refractivity contribution in [2.45, 2.75) is 25.9 Å². The average Bonchev–Trinajstić information content (AvgIpc) is 2.83. The lowest BCUT2D eigenvalue weighted by Gasteiger charge is -2.19. The highest BCUT2D eigenvalue weighted by molar-refractivity contribution is 6.62. The third-order valence-electron chi connectivity index (χ3n) is 4.87. The Kier molecular flexibility index (Phi) is 3.75. The van der Waals surface area contributed by atoms with E-state index in [-0.39, 0.29) is 5.78 Å². The van der Waals surface area contributed by atoms with Crippen molar-refractivity contribution in [3.63, 3.8) is 0 Å². The number of benzene rings is 3. The van der Waals surface area contributed by atoms with E-state index in [1.165, 1.54) is 0 Å². The van der Waals surface area contributed by atoms with Gasteiger partial charge in [-0.25, -0.2) is 0 Å². The molecule has 0 aliphatic carbocycles. The van der Waals surface area contributed by atoms with E-state index in [9.17, 15) is 9.82 Å². The van der Waals surface area contributed by atoms with Crippen LogP contribution in [0.25, 0.3) is 10.8 Å². The van der Waals surface area contributed by atoms with Crippen molar-refractivity contribution in [2.24, 2.45) is 0 Å². The van der Waals surface area contributed by atoms with E-state index in [2.05, 4.69) is 0 Å². The van der Waals surface area contributed by atoms with E-state index in [0.29, 0.717) is 12.0 Å². The van der Waals surface area contributed by atoms with Crippen LogP contribution in [0.5, 0.6) is 0 Å². The number of fused-ring (bicyclic) bond motifs is 2. The molecule has 4 heteroatoms. The first-order chi connectivity index (χ1) is 11.9. The molecule has 0 saturated carbocycles. The Bertz CT molecular complexity index is 978. The van der Waals surface area contributed by atoms with Gasteiger partial charge in [0.1, 0.15) is 0 Å². The van der Waals surface area contributed by atoms with Crippen LogP contribution in [0.2, 0.25) is 0 Å². The fourth-order valence-electron chi connectivity index (χ4n) is 3.53. The van der Waals surface area contributed by atoms with E-state index in [4.69, 9.17) is 4.65 Å². The number of Topliss-reactive ketones (excluding diaryl/α,β-unsaturated/α-hetero) is 1.